The Labute approximate surface area is 125 Å². The third-order valence-corrected chi connectivity index (χ3v) is 3.77. The van der Waals surface area contributed by atoms with Gasteiger partial charge in [0, 0.05) is 12.1 Å². The van der Waals surface area contributed by atoms with Crippen LogP contribution in [0.1, 0.15) is 30.1 Å². The van der Waals surface area contributed by atoms with E-state index in [-0.39, 0.29) is 24.3 Å². The Bertz CT molecular complexity index is 524. The molecule has 0 radical (unpaired) electrons. The number of nitrogens with one attached hydrogen (secondary N) is 1. The lowest BCUT2D eigenvalue weighted by atomic mass is 9.82. The zero-order valence-electron chi connectivity index (χ0n) is 12.5. The monoisotopic (exact) mass is 290 g/mol. The van der Waals surface area contributed by atoms with Crippen molar-refractivity contribution in [1.82, 2.24) is 4.90 Å². The summed E-state index contributed by atoms with van der Waals surface area (Å²) < 4.78 is 0. The summed E-state index contributed by atoms with van der Waals surface area (Å²) in [6.45, 7) is 2.57. The molecular weight excluding hydrogens is 268 g/mol. The Hall–Kier alpha value is -1.72. The maximum Gasteiger partial charge on any atom is 0.238 e. The lowest BCUT2D eigenvalue weighted by Crippen LogP contribution is -2.40. The van der Waals surface area contributed by atoms with Crippen molar-refractivity contribution in [3.8, 4) is 0 Å². The molecule has 0 aliphatic heterocycles. The van der Waals surface area contributed by atoms with Crippen molar-refractivity contribution in [2.24, 2.45) is 5.92 Å². The molecule has 1 fully saturated rings. The smallest absolute Gasteiger partial charge is 0.238 e. The van der Waals surface area contributed by atoms with Crippen LogP contribution in [-0.2, 0) is 4.79 Å². The number of likely N-dealkylation sites (N-methyl/N-ethyl adjacent to an activating group) is 1. The van der Waals surface area contributed by atoms with Crippen molar-refractivity contribution >= 4 is 17.4 Å². The van der Waals surface area contributed by atoms with Crippen molar-refractivity contribution in [3.63, 3.8) is 0 Å². The van der Waals surface area contributed by atoms with Gasteiger partial charge in [-0.15, -0.1) is 0 Å². The number of nitrogens with zero attached hydrogens (tertiary/aromatic N) is 1. The summed E-state index contributed by atoms with van der Waals surface area (Å²) in [6, 6.07) is 7.01. The Kier molecular flexibility index (Phi) is 5.09. The number of rotatable bonds is 6. The van der Waals surface area contributed by atoms with Gasteiger partial charge in [-0.05, 0) is 44.9 Å². The highest BCUT2D eigenvalue weighted by Crippen LogP contribution is 2.27. The van der Waals surface area contributed by atoms with E-state index in [1.165, 1.54) is 6.92 Å². The van der Waals surface area contributed by atoms with Crippen LogP contribution in [0.3, 0.4) is 0 Å². The molecule has 1 aromatic carbocycles. The maximum atomic E-state index is 12.0. The van der Waals surface area contributed by atoms with E-state index in [2.05, 4.69) is 5.32 Å². The van der Waals surface area contributed by atoms with Gasteiger partial charge in [-0.25, -0.2) is 0 Å². The zero-order valence-corrected chi connectivity index (χ0v) is 12.5. The highest BCUT2D eigenvalue weighted by atomic mass is 16.3. The molecule has 114 valence electrons. The number of carbonyl (C=O) groups is 2. The Morgan fingerprint density at radius 2 is 2.00 bits per heavy atom. The van der Waals surface area contributed by atoms with E-state index in [9.17, 15) is 14.7 Å². The van der Waals surface area contributed by atoms with Crippen molar-refractivity contribution in [2.45, 2.75) is 25.9 Å². The fourth-order valence-electron chi connectivity index (χ4n) is 2.69. The molecule has 0 heterocycles. The number of hydrogen-bond acceptors (Lipinski definition) is 4. The number of hydrogen-bond donors (Lipinski definition) is 2. The topological polar surface area (TPSA) is 69.6 Å². The van der Waals surface area contributed by atoms with E-state index >= 15 is 0 Å². The Balaban J connectivity index is 1.85. The van der Waals surface area contributed by atoms with Crippen LogP contribution in [0, 0.1) is 5.92 Å². The summed E-state index contributed by atoms with van der Waals surface area (Å²) >= 11 is 0. The molecule has 1 amide bonds. The molecule has 0 aromatic heterocycles. The molecule has 1 saturated carbocycles. The van der Waals surface area contributed by atoms with Gasteiger partial charge < -0.3 is 10.4 Å². The first-order chi connectivity index (χ1) is 9.95. The molecule has 5 nitrogen and oxygen atoms in total. The predicted octanol–water partition coefficient (Wildman–Crippen LogP) is 1.53. The number of aliphatic hydroxyl groups is 1. The third-order valence-electron chi connectivity index (χ3n) is 3.77. The van der Waals surface area contributed by atoms with Crippen LogP contribution in [-0.4, -0.2) is 47.9 Å². The molecule has 1 aliphatic carbocycles. The van der Waals surface area contributed by atoms with Gasteiger partial charge in [0.05, 0.1) is 18.3 Å². The zero-order chi connectivity index (χ0) is 15.4. The summed E-state index contributed by atoms with van der Waals surface area (Å²) in [4.78, 5) is 25.5. The average molecular weight is 290 g/mol. The van der Waals surface area contributed by atoms with Crippen LogP contribution in [0.15, 0.2) is 24.3 Å². The molecule has 1 aliphatic rings. The van der Waals surface area contributed by atoms with Crippen molar-refractivity contribution in [2.75, 3.05) is 25.5 Å². The number of Topliss-reactive ketones (excluding diaryl/α,β-unsaturated/α-hetero) is 1. The van der Waals surface area contributed by atoms with Crippen molar-refractivity contribution < 1.29 is 14.7 Å². The predicted molar refractivity (Wildman–Crippen MR) is 81.3 cm³/mol. The van der Waals surface area contributed by atoms with Gasteiger partial charge in [-0.2, -0.15) is 0 Å². The van der Waals surface area contributed by atoms with E-state index < -0.39 is 0 Å². The second-order valence-corrected chi connectivity index (χ2v) is 5.84. The van der Waals surface area contributed by atoms with Gasteiger partial charge in [0.2, 0.25) is 5.91 Å². The van der Waals surface area contributed by atoms with E-state index in [0.29, 0.717) is 17.2 Å². The summed E-state index contributed by atoms with van der Waals surface area (Å²) in [6.07, 6.45) is 1.47. The first-order valence-electron chi connectivity index (χ1n) is 7.22. The molecule has 0 unspecified atom stereocenters. The number of amides is 1. The highest BCUT2D eigenvalue weighted by molar-refractivity contribution is 6.04. The van der Waals surface area contributed by atoms with E-state index in [0.717, 1.165) is 19.4 Å². The van der Waals surface area contributed by atoms with Gasteiger partial charge in [-0.1, -0.05) is 12.1 Å². The summed E-state index contributed by atoms with van der Waals surface area (Å²) in [7, 11) is 1.89. The lowest BCUT2D eigenvalue weighted by molar-refractivity contribution is -0.117. The van der Waals surface area contributed by atoms with Crippen molar-refractivity contribution in [3.05, 3.63) is 29.8 Å². The van der Waals surface area contributed by atoms with E-state index in [1.807, 2.05) is 11.9 Å². The number of carbonyl (C=O) groups excluding carboxylic acids is 2. The van der Waals surface area contributed by atoms with Crippen molar-refractivity contribution in [1.29, 1.82) is 0 Å². The molecule has 0 spiro atoms. The number of benzene rings is 1. The van der Waals surface area contributed by atoms with Gasteiger partial charge in [0.1, 0.15) is 0 Å². The Morgan fingerprint density at radius 1 is 1.33 bits per heavy atom. The SMILES string of the molecule is CC(=O)c1ccccc1NC(=O)CN(C)CC1CC(O)C1. The van der Waals surface area contributed by atoms with Gasteiger partial charge >= 0.3 is 0 Å². The van der Waals surface area contributed by atoms with E-state index in [1.54, 1.807) is 24.3 Å². The van der Waals surface area contributed by atoms with Gasteiger partial charge in [0.25, 0.3) is 0 Å². The van der Waals surface area contributed by atoms with Crippen LogP contribution < -0.4 is 5.32 Å². The number of anilines is 1. The average Bonchev–Trinajstić information content (AvgIpc) is 2.37. The van der Waals surface area contributed by atoms with Crippen LogP contribution in [0.5, 0.6) is 0 Å². The molecule has 0 saturated heterocycles. The minimum absolute atomic E-state index is 0.0669. The molecule has 1 aromatic rings. The fraction of sp³-hybridized carbons (Fsp3) is 0.500. The molecule has 5 heteroatoms. The molecule has 0 atom stereocenters. The van der Waals surface area contributed by atoms with Gasteiger partial charge in [0.15, 0.2) is 5.78 Å². The minimum atomic E-state index is -0.167. The van der Waals surface area contributed by atoms with Crippen LogP contribution in [0.2, 0.25) is 0 Å². The molecule has 2 rings (SSSR count). The number of para-hydroxylation sites is 1. The first-order valence-corrected chi connectivity index (χ1v) is 7.22. The van der Waals surface area contributed by atoms with Gasteiger partial charge in [-0.3, -0.25) is 14.5 Å². The normalized spacial score (nSPS) is 21.0. The number of ketones is 1. The molecule has 0 bridgehead atoms. The molecule has 2 N–H and O–H groups in total. The maximum absolute atomic E-state index is 12.0. The van der Waals surface area contributed by atoms with Crippen LogP contribution >= 0.6 is 0 Å². The van der Waals surface area contributed by atoms with Crippen LogP contribution in [0.4, 0.5) is 5.69 Å². The highest BCUT2D eigenvalue weighted by Gasteiger charge is 2.28. The second-order valence-electron chi connectivity index (χ2n) is 5.84. The standard InChI is InChI=1S/C16H22N2O3/c1-11(19)14-5-3-4-6-15(14)17-16(21)10-18(2)9-12-7-13(20)8-12/h3-6,12-13,20H,7-10H2,1-2H3,(H,17,21). The largest absolute Gasteiger partial charge is 0.393 e. The Morgan fingerprint density at radius 3 is 2.62 bits per heavy atom. The quantitative estimate of drug-likeness (QED) is 0.780. The molecular formula is C16H22N2O3. The minimum Gasteiger partial charge on any atom is -0.393 e. The third kappa shape index (κ3) is 4.37. The summed E-state index contributed by atoms with van der Waals surface area (Å²) in [5.74, 6) is 0.274. The summed E-state index contributed by atoms with van der Waals surface area (Å²) in [5, 5.41) is 12.1. The first kappa shape index (κ1) is 15.7. The second kappa shape index (κ2) is 6.83. The summed E-state index contributed by atoms with van der Waals surface area (Å²) in [5.41, 5.74) is 1.08. The van der Waals surface area contributed by atoms with Crippen LogP contribution in [0.25, 0.3) is 0 Å². The van der Waals surface area contributed by atoms with E-state index in [4.69, 9.17) is 0 Å². The fourth-order valence-corrected chi connectivity index (χ4v) is 2.69. The molecule has 21 heavy (non-hydrogen) atoms. The number of aliphatic hydroxyl groups excluding tert-OH is 1. The lowest BCUT2D eigenvalue weighted by Gasteiger charge is -2.34.